The third kappa shape index (κ3) is 7.25. The van der Waals surface area contributed by atoms with Crippen molar-refractivity contribution in [2.75, 3.05) is 13.1 Å². The van der Waals surface area contributed by atoms with Gasteiger partial charge in [-0.3, -0.25) is 4.79 Å². The zero-order chi connectivity index (χ0) is 28.1. The molecule has 2 atom stereocenters. The van der Waals surface area contributed by atoms with Crippen molar-refractivity contribution in [2.45, 2.75) is 69.2 Å². The molecule has 1 fully saturated rings. The second-order valence-corrected chi connectivity index (χ2v) is 11.4. The number of nitrogens with zero attached hydrogens (tertiary/aromatic N) is 1. The Morgan fingerprint density at radius 3 is 2.21 bits per heavy atom. The first kappa shape index (κ1) is 29.4. The fraction of sp³-hybridized carbons (Fsp3) is 0.462. The van der Waals surface area contributed by atoms with Crippen LogP contribution >= 0.6 is 0 Å². The largest absolute Gasteiger partial charge is 0.416 e. The van der Waals surface area contributed by atoms with E-state index in [0.29, 0.717) is 18.5 Å². The van der Waals surface area contributed by atoms with Gasteiger partial charge in [0.25, 0.3) is 0 Å². The minimum atomic E-state index is -4.47. The first-order valence-corrected chi connectivity index (χ1v) is 13.9. The lowest BCUT2D eigenvalue weighted by molar-refractivity contribution is -0.137. The van der Waals surface area contributed by atoms with Crippen LogP contribution in [0.3, 0.4) is 0 Å². The molecule has 0 unspecified atom stereocenters. The number of halogens is 3. The molecule has 1 heterocycles. The minimum absolute atomic E-state index is 0.00367. The fourth-order valence-corrected chi connectivity index (χ4v) is 5.89. The Morgan fingerprint density at radius 2 is 1.66 bits per heavy atom. The molecule has 0 aromatic heterocycles. The average molecular weight is 555 g/mol. The summed E-state index contributed by atoms with van der Waals surface area (Å²) < 4.78 is 66.8. The van der Waals surface area contributed by atoms with Crippen molar-refractivity contribution in [1.82, 2.24) is 20.3 Å². The van der Waals surface area contributed by atoms with E-state index in [9.17, 15) is 31.2 Å². The quantitative estimate of drug-likeness (QED) is 0.459. The third-order valence-corrected chi connectivity index (χ3v) is 8.35. The van der Waals surface area contributed by atoms with Crippen LogP contribution in [0.1, 0.15) is 56.2 Å². The predicted molar refractivity (Wildman–Crippen MR) is 137 cm³/mol. The number of nitrogens with one attached hydrogen (secondary N) is 3. The van der Waals surface area contributed by atoms with Gasteiger partial charge >= 0.3 is 12.2 Å². The standard InChI is InChI=1S/C26H33F3N4O4S/c1-4-30-25(35)32-21-13-14-33(38(36,37)22-11-7-19(8-12-22)17(2)3)23(15-21)24(34)31-16-18-5-9-20(10-6-18)26(27,28)29/h5-12,17,21,23H,4,13-16H2,1-3H3,(H,31,34)(H2,30,32,35)/t21-,23-/m1/s1. The van der Waals surface area contributed by atoms with Gasteiger partial charge in [0, 0.05) is 25.7 Å². The van der Waals surface area contributed by atoms with E-state index in [1.54, 1.807) is 19.1 Å². The fourth-order valence-electron chi connectivity index (χ4n) is 4.28. The number of carbonyl (C=O) groups is 2. The monoisotopic (exact) mass is 554 g/mol. The highest BCUT2D eigenvalue weighted by Crippen LogP contribution is 2.30. The van der Waals surface area contributed by atoms with Crippen LogP contribution in [0.4, 0.5) is 18.0 Å². The summed E-state index contributed by atoms with van der Waals surface area (Å²) >= 11 is 0. The molecule has 3 amide bonds. The number of benzene rings is 2. The molecule has 12 heteroatoms. The molecule has 0 aliphatic carbocycles. The Bertz CT molecular complexity index is 1220. The van der Waals surface area contributed by atoms with Gasteiger partial charge in [0.2, 0.25) is 15.9 Å². The molecule has 1 aliphatic heterocycles. The average Bonchev–Trinajstić information content (AvgIpc) is 2.87. The summed E-state index contributed by atoms with van der Waals surface area (Å²) in [6.45, 7) is 6.07. The van der Waals surface area contributed by atoms with E-state index in [-0.39, 0.29) is 30.3 Å². The topological polar surface area (TPSA) is 108 Å². The van der Waals surface area contributed by atoms with E-state index in [0.717, 1.165) is 22.0 Å². The number of hydrogen-bond acceptors (Lipinski definition) is 4. The molecule has 0 saturated carbocycles. The van der Waals surface area contributed by atoms with Gasteiger partial charge in [-0.15, -0.1) is 0 Å². The Labute approximate surface area is 221 Å². The Balaban J connectivity index is 1.81. The van der Waals surface area contributed by atoms with Gasteiger partial charge in [-0.2, -0.15) is 17.5 Å². The molecular weight excluding hydrogens is 521 g/mol. The number of amides is 3. The van der Waals surface area contributed by atoms with Crippen LogP contribution in [0.2, 0.25) is 0 Å². The van der Waals surface area contributed by atoms with Crippen molar-refractivity contribution >= 4 is 22.0 Å². The number of piperidine rings is 1. The number of carbonyl (C=O) groups excluding carboxylic acids is 2. The molecule has 3 N–H and O–H groups in total. The highest BCUT2D eigenvalue weighted by molar-refractivity contribution is 7.89. The molecule has 0 bridgehead atoms. The molecule has 1 aliphatic rings. The summed E-state index contributed by atoms with van der Waals surface area (Å²) in [6, 6.07) is 8.88. The van der Waals surface area contributed by atoms with Crippen molar-refractivity contribution in [3.05, 3.63) is 65.2 Å². The van der Waals surface area contributed by atoms with E-state index in [2.05, 4.69) is 16.0 Å². The second-order valence-electron chi connectivity index (χ2n) is 9.49. The van der Waals surface area contributed by atoms with Crippen LogP contribution in [0.5, 0.6) is 0 Å². The molecule has 208 valence electrons. The predicted octanol–water partition coefficient (Wildman–Crippen LogP) is 3.99. The van der Waals surface area contributed by atoms with Crippen LogP contribution in [0.15, 0.2) is 53.4 Å². The van der Waals surface area contributed by atoms with Gasteiger partial charge < -0.3 is 16.0 Å². The van der Waals surface area contributed by atoms with Crippen molar-refractivity contribution in [3.63, 3.8) is 0 Å². The van der Waals surface area contributed by atoms with Crippen molar-refractivity contribution in [3.8, 4) is 0 Å². The van der Waals surface area contributed by atoms with E-state index in [1.165, 1.54) is 24.3 Å². The smallest absolute Gasteiger partial charge is 0.351 e. The zero-order valence-electron chi connectivity index (χ0n) is 21.5. The highest BCUT2D eigenvalue weighted by atomic mass is 32.2. The molecule has 2 aromatic rings. The molecular formula is C26H33F3N4O4S. The number of alkyl halides is 3. The minimum Gasteiger partial charge on any atom is -0.351 e. The third-order valence-electron chi connectivity index (χ3n) is 6.43. The summed E-state index contributed by atoms with van der Waals surface area (Å²) in [5.74, 6) is -0.388. The summed E-state index contributed by atoms with van der Waals surface area (Å²) in [5.41, 5.74) is 0.595. The van der Waals surface area contributed by atoms with Crippen molar-refractivity contribution in [1.29, 1.82) is 0 Å². The second kappa shape index (κ2) is 12.2. The molecule has 3 rings (SSSR count). The van der Waals surface area contributed by atoms with E-state index in [1.807, 2.05) is 13.8 Å². The van der Waals surface area contributed by atoms with E-state index < -0.39 is 45.8 Å². The lowest BCUT2D eigenvalue weighted by Crippen LogP contribution is -2.57. The van der Waals surface area contributed by atoms with Gasteiger partial charge in [0.1, 0.15) is 6.04 Å². The number of urea groups is 1. The summed E-state index contributed by atoms with van der Waals surface area (Å²) in [4.78, 5) is 25.4. The lowest BCUT2D eigenvalue weighted by Gasteiger charge is -2.37. The van der Waals surface area contributed by atoms with Crippen LogP contribution < -0.4 is 16.0 Å². The summed E-state index contributed by atoms with van der Waals surface area (Å²) in [5, 5.41) is 8.04. The first-order chi connectivity index (χ1) is 17.8. The van der Waals surface area contributed by atoms with Crippen LogP contribution in [-0.4, -0.2) is 49.8 Å². The normalized spacial score (nSPS) is 18.7. The van der Waals surface area contributed by atoms with E-state index in [4.69, 9.17) is 0 Å². The van der Waals surface area contributed by atoms with Crippen molar-refractivity contribution in [2.24, 2.45) is 0 Å². The van der Waals surface area contributed by atoms with E-state index >= 15 is 0 Å². The molecule has 0 spiro atoms. The SMILES string of the molecule is CCNC(=O)N[C@@H]1CCN(S(=O)(=O)c2ccc(C(C)C)cc2)[C@@H](C(=O)NCc2ccc(C(F)(F)F)cc2)C1. The Kier molecular flexibility index (Phi) is 9.42. The van der Waals surface area contributed by atoms with Gasteiger partial charge in [0.15, 0.2) is 0 Å². The molecule has 38 heavy (non-hydrogen) atoms. The Hall–Kier alpha value is -3.12. The molecule has 0 radical (unpaired) electrons. The maximum Gasteiger partial charge on any atom is 0.416 e. The zero-order valence-corrected chi connectivity index (χ0v) is 22.3. The number of sulfonamides is 1. The van der Waals surface area contributed by atoms with Crippen LogP contribution in [0, 0.1) is 0 Å². The summed E-state index contributed by atoms with van der Waals surface area (Å²) in [6.07, 6.45) is -4.12. The number of hydrogen-bond donors (Lipinski definition) is 3. The highest BCUT2D eigenvalue weighted by Gasteiger charge is 2.41. The maximum absolute atomic E-state index is 13.6. The van der Waals surface area contributed by atoms with Crippen molar-refractivity contribution < 1.29 is 31.2 Å². The molecule has 8 nitrogen and oxygen atoms in total. The summed E-state index contributed by atoms with van der Waals surface area (Å²) in [7, 11) is -4.05. The molecule has 1 saturated heterocycles. The first-order valence-electron chi connectivity index (χ1n) is 12.4. The number of rotatable bonds is 8. The van der Waals surface area contributed by atoms with Gasteiger partial charge in [-0.25, -0.2) is 13.2 Å². The van der Waals surface area contributed by atoms with Gasteiger partial charge in [-0.1, -0.05) is 38.1 Å². The van der Waals surface area contributed by atoms with Gasteiger partial charge in [-0.05, 0) is 61.1 Å². The lowest BCUT2D eigenvalue weighted by atomic mass is 9.98. The Morgan fingerprint density at radius 1 is 1.03 bits per heavy atom. The van der Waals surface area contributed by atoms with Crippen LogP contribution in [0.25, 0.3) is 0 Å². The molecule has 2 aromatic carbocycles. The maximum atomic E-state index is 13.6. The van der Waals surface area contributed by atoms with Gasteiger partial charge in [0.05, 0.1) is 10.5 Å². The van der Waals surface area contributed by atoms with Crippen LogP contribution in [-0.2, 0) is 27.5 Å².